The number of ether oxygens (including phenoxy) is 1. The Morgan fingerprint density at radius 1 is 1.06 bits per heavy atom. The van der Waals surface area contributed by atoms with Crippen LogP contribution in [0.2, 0.25) is 6.32 Å². The molecule has 253 valence electrons. The lowest BCUT2D eigenvalue weighted by molar-refractivity contribution is -0.0660. The molecule has 0 bridgehead atoms. The third kappa shape index (κ3) is 6.26. The number of amides is 1. The summed E-state index contributed by atoms with van der Waals surface area (Å²) < 4.78 is 12.8. The Bertz CT molecular complexity index is 1900. The van der Waals surface area contributed by atoms with Crippen LogP contribution in [0, 0.1) is 5.41 Å². The molecule has 4 aromatic heterocycles. The summed E-state index contributed by atoms with van der Waals surface area (Å²) in [5, 5.41) is 3.26. The Labute approximate surface area is 286 Å². The van der Waals surface area contributed by atoms with Crippen LogP contribution < -0.4 is 20.7 Å². The Balaban J connectivity index is 1.04. The molecular formula is C36H42BN8O4. The van der Waals surface area contributed by atoms with Gasteiger partial charge in [-0.05, 0) is 66.0 Å². The third-order valence-electron chi connectivity index (χ3n) is 10.2. The maximum absolute atomic E-state index is 14.0. The number of carbonyl (C=O) groups excluding carboxylic acids is 1. The van der Waals surface area contributed by atoms with Crippen LogP contribution in [0.5, 0.6) is 0 Å². The molecule has 7 heterocycles. The van der Waals surface area contributed by atoms with E-state index >= 15 is 0 Å². The second-order valence-corrected chi connectivity index (χ2v) is 14.4. The monoisotopic (exact) mass is 661 g/mol. The van der Waals surface area contributed by atoms with Crippen LogP contribution >= 0.6 is 0 Å². The fourth-order valence-electron chi connectivity index (χ4n) is 7.52. The van der Waals surface area contributed by atoms with Gasteiger partial charge in [-0.15, -0.1) is 0 Å². The van der Waals surface area contributed by atoms with E-state index in [1.165, 1.54) is 5.56 Å². The molecule has 4 aliphatic rings. The van der Waals surface area contributed by atoms with E-state index in [4.69, 9.17) is 14.4 Å². The molecule has 0 saturated carbocycles. The van der Waals surface area contributed by atoms with Gasteiger partial charge in [0.15, 0.2) is 0 Å². The Kier molecular flexibility index (Phi) is 8.29. The highest BCUT2D eigenvalue weighted by Crippen LogP contribution is 2.37. The van der Waals surface area contributed by atoms with Crippen LogP contribution in [0.15, 0.2) is 53.7 Å². The van der Waals surface area contributed by atoms with Gasteiger partial charge in [-0.3, -0.25) is 19.4 Å². The maximum Gasteiger partial charge on any atom is 0.294 e. The van der Waals surface area contributed by atoms with Gasteiger partial charge in [-0.25, -0.2) is 9.97 Å². The molecule has 2 fully saturated rings. The molecule has 0 atom stereocenters. The number of fused-ring (bicyclic) bond motifs is 2. The second kappa shape index (κ2) is 12.8. The molecule has 1 radical (unpaired) electrons. The predicted molar refractivity (Wildman–Crippen MR) is 190 cm³/mol. The van der Waals surface area contributed by atoms with Crippen molar-refractivity contribution in [2.75, 3.05) is 61.1 Å². The van der Waals surface area contributed by atoms with Crippen molar-refractivity contribution in [1.82, 2.24) is 24.4 Å². The van der Waals surface area contributed by atoms with E-state index in [0.29, 0.717) is 41.9 Å². The minimum Gasteiger partial charge on any atom is -0.436 e. The van der Waals surface area contributed by atoms with Gasteiger partial charge in [0.25, 0.3) is 18.9 Å². The summed E-state index contributed by atoms with van der Waals surface area (Å²) in [6.45, 7) is 10.8. The number of hydrogen-bond acceptors (Lipinski definition) is 9. The first-order valence-corrected chi connectivity index (χ1v) is 17.2. The minimum atomic E-state index is -0.174. The summed E-state index contributed by atoms with van der Waals surface area (Å²) in [7, 11) is 3.49. The van der Waals surface area contributed by atoms with Crippen molar-refractivity contribution in [2.24, 2.45) is 12.5 Å². The van der Waals surface area contributed by atoms with Gasteiger partial charge in [0.1, 0.15) is 23.0 Å². The second-order valence-electron chi connectivity index (χ2n) is 14.4. The lowest BCUT2D eigenvalue weighted by Gasteiger charge is -2.43. The molecule has 0 unspecified atom stereocenters. The summed E-state index contributed by atoms with van der Waals surface area (Å²) >= 11 is 0. The summed E-state index contributed by atoms with van der Waals surface area (Å²) in [6, 6.07) is 10.3. The Morgan fingerprint density at radius 2 is 1.90 bits per heavy atom. The fraction of sp³-hybridized carbons (Fsp3) is 0.444. The number of nitrogens with zero attached hydrogens (tertiary/aromatic N) is 6. The number of hydrogen-bond donors (Lipinski definition) is 2. The van der Waals surface area contributed by atoms with E-state index in [1.54, 1.807) is 36.4 Å². The fourth-order valence-corrected chi connectivity index (χ4v) is 7.52. The van der Waals surface area contributed by atoms with E-state index in [0.717, 1.165) is 80.3 Å². The average Bonchev–Trinajstić information content (AvgIpc) is 3.57. The molecule has 2 N–H and O–H groups in total. The molecule has 2 saturated heterocycles. The molecule has 13 heteroatoms. The van der Waals surface area contributed by atoms with Crippen LogP contribution in [0.25, 0.3) is 11.1 Å². The summed E-state index contributed by atoms with van der Waals surface area (Å²) in [5.41, 5.74) is 6.84. The molecule has 0 spiro atoms. The van der Waals surface area contributed by atoms with E-state index in [1.807, 2.05) is 30.5 Å². The number of aromatic amines is 1. The van der Waals surface area contributed by atoms with Gasteiger partial charge < -0.3 is 29.2 Å². The third-order valence-corrected chi connectivity index (χ3v) is 10.2. The molecule has 49 heavy (non-hydrogen) atoms. The first-order valence-electron chi connectivity index (χ1n) is 17.2. The lowest BCUT2D eigenvalue weighted by Crippen LogP contribution is -2.56. The largest absolute Gasteiger partial charge is 0.436 e. The zero-order chi connectivity index (χ0) is 33.7. The van der Waals surface area contributed by atoms with Gasteiger partial charge in [-0.2, -0.15) is 0 Å². The molecule has 8 rings (SSSR count). The Morgan fingerprint density at radius 3 is 2.63 bits per heavy atom. The standard InChI is InChI=1S/C36H42BN8O4/c1-36(2)16-23-14-30(40-31(23)17-36)35(47)45-9-7-37-49-22-28-27(6-8-38-33(28)45)24-15-29(34(46)42(3)19-24)41-32-5-4-25(18-39-32)43-10-12-44(13-11-43)26-20-48-21-26/h4-6,8,14-15,18-19,26,40H,7,9-13,16-17,20-22H2,1-3H3,(H,39,41). The number of pyridine rings is 3. The van der Waals surface area contributed by atoms with Crippen molar-refractivity contribution >= 4 is 36.4 Å². The zero-order valence-corrected chi connectivity index (χ0v) is 28.4. The van der Waals surface area contributed by atoms with E-state index < -0.39 is 0 Å². The van der Waals surface area contributed by atoms with Crippen LogP contribution in [0.1, 0.15) is 41.2 Å². The SMILES string of the molecule is Cn1cc(-c2ccnc3c2CO[B]CCN3C(=O)c2cc3c([nH]2)CC(C)(C)C3)cc(Nc2ccc(N3CCN(C4COC4)CC3)cn2)c1=O. The molecule has 3 aliphatic heterocycles. The summed E-state index contributed by atoms with van der Waals surface area (Å²) in [5.74, 6) is 1.04. The van der Waals surface area contributed by atoms with E-state index in [9.17, 15) is 9.59 Å². The Hall–Kier alpha value is -4.46. The van der Waals surface area contributed by atoms with E-state index in [2.05, 4.69) is 45.0 Å². The summed E-state index contributed by atoms with van der Waals surface area (Å²) in [6.07, 6.45) is 7.84. The highest BCUT2D eigenvalue weighted by atomic mass is 16.5. The van der Waals surface area contributed by atoms with Crippen molar-refractivity contribution in [2.45, 2.75) is 45.7 Å². The van der Waals surface area contributed by atoms with Gasteiger partial charge in [0, 0.05) is 69.0 Å². The molecule has 12 nitrogen and oxygen atoms in total. The molecule has 1 aliphatic carbocycles. The molecular weight excluding hydrogens is 619 g/mol. The van der Waals surface area contributed by atoms with Gasteiger partial charge >= 0.3 is 0 Å². The van der Waals surface area contributed by atoms with Crippen molar-refractivity contribution in [3.8, 4) is 11.1 Å². The van der Waals surface area contributed by atoms with Crippen LogP contribution in [-0.4, -0.2) is 89.8 Å². The quantitative estimate of drug-likeness (QED) is 0.298. The lowest BCUT2D eigenvalue weighted by atomic mass is 9.90. The zero-order valence-electron chi connectivity index (χ0n) is 28.4. The van der Waals surface area contributed by atoms with Gasteiger partial charge in [0.2, 0.25) is 0 Å². The van der Waals surface area contributed by atoms with Crippen LogP contribution in [0.3, 0.4) is 0 Å². The van der Waals surface area contributed by atoms with Crippen LogP contribution in [0.4, 0.5) is 23.0 Å². The van der Waals surface area contributed by atoms with Crippen molar-refractivity contribution in [3.63, 3.8) is 0 Å². The van der Waals surface area contributed by atoms with Crippen LogP contribution in [-0.2, 0) is 35.9 Å². The van der Waals surface area contributed by atoms with Gasteiger partial charge in [-0.1, -0.05) is 13.8 Å². The number of piperazine rings is 1. The highest BCUT2D eigenvalue weighted by molar-refractivity contribution is 6.27. The van der Waals surface area contributed by atoms with Crippen molar-refractivity contribution < 1.29 is 14.2 Å². The highest BCUT2D eigenvalue weighted by Gasteiger charge is 2.33. The van der Waals surface area contributed by atoms with Gasteiger partial charge in [0.05, 0.1) is 37.7 Å². The van der Waals surface area contributed by atoms with E-state index in [-0.39, 0.29) is 23.5 Å². The first-order chi connectivity index (χ1) is 23.7. The molecule has 0 aromatic carbocycles. The smallest absolute Gasteiger partial charge is 0.294 e. The number of aryl methyl sites for hydroxylation is 1. The maximum atomic E-state index is 14.0. The molecule has 4 aromatic rings. The normalized spacial score (nSPS) is 19.3. The number of anilines is 4. The van der Waals surface area contributed by atoms with Crippen molar-refractivity contribution in [3.05, 3.63) is 81.8 Å². The summed E-state index contributed by atoms with van der Waals surface area (Å²) in [4.78, 5) is 46.7. The first kappa shape index (κ1) is 31.8. The topological polar surface area (TPSA) is 121 Å². The average molecular weight is 662 g/mol. The molecule has 1 amide bonds. The number of H-pyrrole nitrogens is 1. The predicted octanol–water partition coefficient (Wildman–Crippen LogP) is 3.77. The van der Waals surface area contributed by atoms with Crippen molar-refractivity contribution in [1.29, 1.82) is 0 Å². The number of carbonyl (C=O) groups is 1. The number of rotatable bonds is 6. The number of aromatic nitrogens is 4. The number of nitrogens with one attached hydrogen (secondary N) is 2. The minimum absolute atomic E-state index is 0.111.